The molecule has 0 bridgehead atoms. The molecule has 1 aromatic heterocycles. The van der Waals surface area contributed by atoms with Gasteiger partial charge in [-0.1, -0.05) is 25.0 Å². The molecular formula is C21H26FN3O. The Bertz CT molecular complexity index is 749. The van der Waals surface area contributed by atoms with Crippen molar-refractivity contribution in [3.05, 3.63) is 42.0 Å². The van der Waals surface area contributed by atoms with Gasteiger partial charge in [0.25, 0.3) is 0 Å². The van der Waals surface area contributed by atoms with Crippen molar-refractivity contribution in [2.45, 2.75) is 50.9 Å². The fourth-order valence-corrected chi connectivity index (χ4v) is 4.50. The Morgan fingerprint density at radius 1 is 1.15 bits per heavy atom. The Kier molecular flexibility index (Phi) is 5.05. The molecule has 0 spiro atoms. The zero-order chi connectivity index (χ0) is 17.9. The first kappa shape index (κ1) is 17.3. The number of piperidine rings is 1. The predicted molar refractivity (Wildman–Crippen MR) is 99.1 cm³/mol. The highest BCUT2D eigenvalue weighted by Gasteiger charge is 2.29. The van der Waals surface area contributed by atoms with Crippen molar-refractivity contribution in [2.24, 2.45) is 5.92 Å². The summed E-state index contributed by atoms with van der Waals surface area (Å²) in [5, 5.41) is 7.37. The zero-order valence-corrected chi connectivity index (χ0v) is 15.1. The van der Waals surface area contributed by atoms with Crippen LogP contribution in [-0.2, 0) is 4.79 Å². The number of nitrogens with zero attached hydrogens (tertiary/aromatic N) is 2. The second-order valence-corrected chi connectivity index (χ2v) is 7.74. The van der Waals surface area contributed by atoms with Gasteiger partial charge in [-0.25, -0.2) is 4.39 Å². The van der Waals surface area contributed by atoms with Gasteiger partial charge in [-0.05, 0) is 49.3 Å². The SMILES string of the molecule is O=C(CC1CCCC1)N1CCCC(c2[nH]ncc2-c2ccc(F)cc2)C1. The van der Waals surface area contributed by atoms with Crippen LogP contribution in [0.5, 0.6) is 0 Å². The predicted octanol–water partition coefficient (Wildman–Crippen LogP) is 4.50. The maximum atomic E-state index is 13.2. The summed E-state index contributed by atoms with van der Waals surface area (Å²) in [6.07, 6.45) is 9.54. The van der Waals surface area contributed by atoms with Crippen molar-refractivity contribution in [1.29, 1.82) is 0 Å². The number of amides is 1. The third-order valence-electron chi connectivity index (χ3n) is 5.94. The Morgan fingerprint density at radius 3 is 2.69 bits per heavy atom. The van der Waals surface area contributed by atoms with Crippen LogP contribution in [0.25, 0.3) is 11.1 Å². The van der Waals surface area contributed by atoms with Gasteiger partial charge in [-0.15, -0.1) is 0 Å². The Labute approximate surface area is 153 Å². The fourth-order valence-electron chi connectivity index (χ4n) is 4.50. The largest absolute Gasteiger partial charge is 0.342 e. The lowest BCUT2D eigenvalue weighted by Gasteiger charge is -2.33. The molecule has 5 heteroatoms. The molecule has 1 aliphatic heterocycles. The summed E-state index contributed by atoms with van der Waals surface area (Å²) in [5.74, 6) is 0.924. The van der Waals surface area contributed by atoms with E-state index in [9.17, 15) is 9.18 Å². The van der Waals surface area contributed by atoms with Gasteiger partial charge in [-0.3, -0.25) is 9.89 Å². The van der Waals surface area contributed by atoms with Crippen LogP contribution in [0.15, 0.2) is 30.5 Å². The number of carbonyl (C=O) groups is 1. The van der Waals surface area contributed by atoms with Crippen LogP contribution in [0.3, 0.4) is 0 Å². The molecule has 0 radical (unpaired) electrons. The van der Waals surface area contributed by atoms with Crippen LogP contribution in [0, 0.1) is 11.7 Å². The van der Waals surface area contributed by atoms with Gasteiger partial charge < -0.3 is 4.90 Å². The van der Waals surface area contributed by atoms with E-state index < -0.39 is 0 Å². The average molecular weight is 355 g/mol. The number of carbonyl (C=O) groups excluding carboxylic acids is 1. The fraction of sp³-hybridized carbons (Fsp3) is 0.524. The van der Waals surface area contributed by atoms with Crippen LogP contribution in [0.2, 0.25) is 0 Å². The molecule has 1 amide bonds. The summed E-state index contributed by atoms with van der Waals surface area (Å²) in [6, 6.07) is 6.53. The van der Waals surface area contributed by atoms with E-state index in [-0.39, 0.29) is 11.7 Å². The van der Waals surface area contributed by atoms with Gasteiger partial charge in [0.15, 0.2) is 0 Å². The minimum Gasteiger partial charge on any atom is -0.342 e. The summed E-state index contributed by atoms with van der Waals surface area (Å²) in [4.78, 5) is 14.8. The minimum atomic E-state index is -0.236. The number of halogens is 1. The van der Waals surface area contributed by atoms with Crippen LogP contribution >= 0.6 is 0 Å². The molecule has 4 rings (SSSR count). The maximum Gasteiger partial charge on any atom is 0.222 e. The van der Waals surface area contributed by atoms with Crippen LogP contribution in [0.1, 0.15) is 56.6 Å². The number of aromatic nitrogens is 2. The smallest absolute Gasteiger partial charge is 0.222 e. The molecule has 1 saturated heterocycles. The highest BCUT2D eigenvalue weighted by Crippen LogP contribution is 2.34. The van der Waals surface area contributed by atoms with E-state index in [1.54, 1.807) is 12.1 Å². The standard InChI is InChI=1S/C21H26FN3O/c22-18-9-7-16(8-10-18)19-13-23-24-21(19)17-6-3-11-25(14-17)20(26)12-15-4-1-2-5-15/h7-10,13,15,17H,1-6,11-12,14H2,(H,23,24). The number of aromatic amines is 1. The van der Waals surface area contributed by atoms with Gasteiger partial charge in [0.05, 0.1) is 6.20 Å². The minimum absolute atomic E-state index is 0.236. The highest BCUT2D eigenvalue weighted by atomic mass is 19.1. The van der Waals surface area contributed by atoms with Gasteiger partial charge >= 0.3 is 0 Å². The summed E-state index contributed by atoms with van der Waals surface area (Å²) >= 11 is 0. The zero-order valence-electron chi connectivity index (χ0n) is 15.1. The van der Waals surface area contributed by atoms with Gasteiger partial charge in [0.2, 0.25) is 5.91 Å². The number of rotatable bonds is 4. The molecule has 1 N–H and O–H groups in total. The summed E-state index contributed by atoms with van der Waals surface area (Å²) in [5.41, 5.74) is 3.04. The van der Waals surface area contributed by atoms with Gasteiger partial charge in [0, 0.05) is 36.7 Å². The van der Waals surface area contributed by atoms with E-state index in [0.29, 0.717) is 18.2 Å². The first-order valence-corrected chi connectivity index (χ1v) is 9.77. The molecule has 26 heavy (non-hydrogen) atoms. The lowest BCUT2D eigenvalue weighted by molar-refractivity contribution is -0.133. The molecule has 2 aliphatic rings. The molecule has 138 valence electrons. The van der Waals surface area contributed by atoms with Crippen molar-refractivity contribution in [3.8, 4) is 11.1 Å². The van der Waals surface area contributed by atoms with E-state index in [1.165, 1.54) is 37.8 Å². The summed E-state index contributed by atoms with van der Waals surface area (Å²) in [7, 11) is 0. The lowest BCUT2D eigenvalue weighted by Crippen LogP contribution is -2.39. The van der Waals surface area contributed by atoms with E-state index in [1.807, 2.05) is 11.1 Å². The van der Waals surface area contributed by atoms with Crippen molar-refractivity contribution in [3.63, 3.8) is 0 Å². The number of H-pyrrole nitrogens is 1. The molecule has 2 heterocycles. The Morgan fingerprint density at radius 2 is 1.92 bits per heavy atom. The van der Waals surface area contributed by atoms with Crippen molar-refractivity contribution < 1.29 is 9.18 Å². The van der Waals surface area contributed by atoms with Crippen LogP contribution in [0.4, 0.5) is 4.39 Å². The number of likely N-dealkylation sites (tertiary alicyclic amines) is 1. The average Bonchev–Trinajstić information content (AvgIpc) is 3.34. The number of hydrogen-bond acceptors (Lipinski definition) is 2. The second kappa shape index (κ2) is 7.60. The van der Waals surface area contributed by atoms with Gasteiger partial charge in [0.1, 0.15) is 5.82 Å². The molecule has 1 atom stereocenters. The molecule has 1 aromatic carbocycles. The van der Waals surface area contributed by atoms with Crippen molar-refractivity contribution in [2.75, 3.05) is 13.1 Å². The van der Waals surface area contributed by atoms with E-state index in [4.69, 9.17) is 0 Å². The number of nitrogens with one attached hydrogen (secondary N) is 1. The van der Waals surface area contributed by atoms with Gasteiger partial charge in [-0.2, -0.15) is 5.10 Å². The maximum absolute atomic E-state index is 13.2. The first-order valence-electron chi connectivity index (χ1n) is 9.77. The van der Waals surface area contributed by atoms with Crippen molar-refractivity contribution >= 4 is 5.91 Å². The molecule has 2 aromatic rings. The van der Waals surface area contributed by atoms with E-state index in [0.717, 1.165) is 42.8 Å². The Balaban J connectivity index is 1.47. The quantitative estimate of drug-likeness (QED) is 0.878. The van der Waals surface area contributed by atoms with Crippen LogP contribution in [-0.4, -0.2) is 34.1 Å². The third kappa shape index (κ3) is 3.67. The van der Waals surface area contributed by atoms with E-state index in [2.05, 4.69) is 10.2 Å². The molecule has 2 fully saturated rings. The summed E-state index contributed by atoms with van der Waals surface area (Å²) < 4.78 is 13.2. The third-order valence-corrected chi connectivity index (χ3v) is 5.94. The topological polar surface area (TPSA) is 49.0 Å². The van der Waals surface area contributed by atoms with E-state index >= 15 is 0 Å². The molecule has 1 saturated carbocycles. The molecular weight excluding hydrogens is 329 g/mol. The molecule has 4 nitrogen and oxygen atoms in total. The monoisotopic (exact) mass is 355 g/mol. The molecule has 1 aliphatic carbocycles. The Hall–Kier alpha value is -2.17. The van der Waals surface area contributed by atoms with Crippen LogP contribution < -0.4 is 0 Å². The lowest BCUT2D eigenvalue weighted by atomic mass is 9.90. The summed E-state index contributed by atoms with van der Waals surface area (Å²) in [6.45, 7) is 1.62. The molecule has 1 unspecified atom stereocenters. The first-order chi connectivity index (χ1) is 12.7. The van der Waals surface area contributed by atoms with Crippen molar-refractivity contribution in [1.82, 2.24) is 15.1 Å². The number of benzene rings is 1. The normalized spacial score (nSPS) is 21.3. The number of hydrogen-bond donors (Lipinski definition) is 1. The highest BCUT2D eigenvalue weighted by molar-refractivity contribution is 5.77. The second-order valence-electron chi connectivity index (χ2n) is 7.74.